The molecule has 1 aromatic rings. The highest BCUT2D eigenvalue weighted by atomic mass is 15.3. The third-order valence-electron chi connectivity index (χ3n) is 4.61. The largest absolute Gasteiger partial charge is 0.370 e. The molecule has 2 aliphatic rings. The molecule has 2 bridgehead atoms. The SMILES string of the molecule is CCNc1cc(N2CCC3CCC(C2)N3C)ccn1. The van der Waals surface area contributed by atoms with Crippen molar-refractivity contribution in [3.8, 4) is 0 Å². The van der Waals surface area contributed by atoms with Crippen LogP contribution in [0.3, 0.4) is 0 Å². The summed E-state index contributed by atoms with van der Waals surface area (Å²) in [6, 6.07) is 5.84. The third-order valence-corrected chi connectivity index (χ3v) is 4.61. The molecule has 1 N–H and O–H groups in total. The Bertz CT molecular complexity index is 434. The number of nitrogens with zero attached hydrogens (tertiary/aromatic N) is 3. The molecule has 4 heteroatoms. The molecular formula is C15H24N4. The maximum atomic E-state index is 4.36. The molecule has 3 heterocycles. The van der Waals surface area contributed by atoms with Gasteiger partial charge in [0, 0.05) is 49.7 Å². The molecule has 3 rings (SSSR count). The van der Waals surface area contributed by atoms with Crippen molar-refractivity contribution in [1.29, 1.82) is 0 Å². The molecule has 1 aromatic heterocycles. The first kappa shape index (κ1) is 12.7. The summed E-state index contributed by atoms with van der Waals surface area (Å²) >= 11 is 0. The Morgan fingerprint density at radius 1 is 1.32 bits per heavy atom. The van der Waals surface area contributed by atoms with Gasteiger partial charge in [-0.25, -0.2) is 4.98 Å². The zero-order valence-electron chi connectivity index (χ0n) is 12.0. The minimum atomic E-state index is 0.725. The van der Waals surface area contributed by atoms with Crippen LogP contribution in [0.5, 0.6) is 0 Å². The molecule has 19 heavy (non-hydrogen) atoms. The molecule has 0 spiro atoms. The van der Waals surface area contributed by atoms with Crippen LogP contribution in [-0.4, -0.2) is 48.6 Å². The molecule has 104 valence electrons. The Hall–Kier alpha value is -1.29. The summed E-state index contributed by atoms with van der Waals surface area (Å²) in [5, 5.41) is 3.30. The van der Waals surface area contributed by atoms with E-state index >= 15 is 0 Å². The van der Waals surface area contributed by atoms with Gasteiger partial charge in [-0.15, -0.1) is 0 Å². The van der Waals surface area contributed by atoms with Gasteiger partial charge < -0.3 is 10.2 Å². The molecule has 2 aliphatic heterocycles. The van der Waals surface area contributed by atoms with Gasteiger partial charge in [-0.2, -0.15) is 0 Å². The van der Waals surface area contributed by atoms with Crippen molar-refractivity contribution in [2.45, 2.75) is 38.3 Å². The first-order valence-corrected chi connectivity index (χ1v) is 7.44. The monoisotopic (exact) mass is 260 g/mol. The third kappa shape index (κ3) is 2.54. The second kappa shape index (κ2) is 5.37. The standard InChI is InChI=1S/C15H24N4/c1-3-16-15-10-13(6-8-17-15)19-9-7-12-4-5-14(11-19)18(12)2/h6,8,10,12,14H,3-5,7,9,11H2,1-2H3,(H,16,17). The van der Waals surface area contributed by atoms with Gasteiger partial charge in [-0.05, 0) is 39.3 Å². The Kier molecular flexibility index (Phi) is 3.60. The molecule has 2 unspecified atom stereocenters. The van der Waals surface area contributed by atoms with Crippen molar-refractivity contribution in [2.24, 2.45) is 0 Å². The van der Waals surface area contributed by atoms with E-state index in [4.69, 9.17) is 0 Å². The van der Waals surface area contributed by atoms with Gasteiger partial charge in [0.25, 0.3) is 0 Å². The lowest BCUT2D eigenvalue weighted by molar-refractivity contribution is 0.254. The first-order chi connectivity index (χ1) is 9.28. The Morgan fingerprint density at radius 3 is 3.00 bits per heavy atom. The summed E-state index contributed by atoms with van der Waals surface area (Å²) in [4.78, 5) is 9.48. The fraction of sp³-hybridized carbons (Fsp3) is 0.667. The summed E-state index contributed by atoms with van der Waals surface area (Å²) in [5.41, 5.74) is 1.31. The molecule has 0 saturated carbocycles. The van der Waals surface area contributed by atoms with Crippen LogP contribution in [0.15, 0.2) is 18.3 Å². The van der Waals surface area contributed by atoms with Gasteiger partial charge in [0.15, 0.2) is 0 Å². The fourth-order valence-electron chi connectivity index (χ4n) is 3.44. The maximum Gasteiger partial charge on any atom is 0.127 e. The number of nitrogens with one attached hydrogen (secondary N) is 1. The van der Waals surface area contributed by atoms with Crippen LogP contribution >= 0.6 is 0 Å². The molecular weight excluding hydrogens is 236 g/mol. The van der Waals surface area contributed by atoms with Crippen molar-refractivity contribution in [2.75, 3.05) is 36.9 Å². The lowest BCUT2D eigenvalue weighted by atomic mass is 10.1. The first-order valence-electron chi connectivity index (χ1n) is 7.44. The highest BCUT2D eigenvalue weighted by Gasteiger charge is 2.34. The van der Waals surface area contributed by atoms with Gasteiger partial charge in [0.1, 0.15) is 5.82 Å². The number of likely N-dealkylation sites (N-methyl/N-ethyl adjacent to an activating group) is 1. The van der Waals surface area contributed by atoms with E-state index in [1.54, 1.807) is 0 Å². The average Bonchev–Trinajstić information content (AvgIpc) is 2.64. The molecule has 2 saturated heterocycles. The highest BCUT2D eigenvalue weighted by molar-refractivity contribution is 5.54. The Labute approximate surface area is 115 Å². The van der Waals surface area contributed by atoms with Crippen LogP contribution in [0.2, 0.25) is 0 Å². The van der Waals surface area contributed by atoms with Crippen molar-refractivity contribution < 1.29 is 0 Å². The molecule has 4 nitrogen and oxygen atoms in total. The van der Waals surface area contributed by atoms with Crippen LogP contribution < -0.4 is 10.2 Å². The minimum Gasteiger partial charge on any atom is -0.370 e. The van der Waals surface area contributed by atoms with E-state index in [1.165, 1.54) is 31.5 Å². The topological polar surface area (TPSA) is 31.4 Å². The van der Waals surface area contributed by atoms with E-state index in [0.29, 0.717) is 0 Å². The lowest BCUT2D eigenvalue weighted by Crippen LogP contribution is -2.36. The van der Waals surface area contributed by atoms with Crippen LogP contribution in [0, 0.1) is 0 Å². The van der Waals surface area contributed by atoms with Gasteiger partial charge in [0.05, 0.1) is 0 Å². The van der Waals surface area contributed by atoms with E-state index in [1.807, 2.05) is 6.20 Å². The Balaban J connectivity index is 1.77. The Morgan fingerprint density at radius 2 is 2.16 bits per heavy atom. The molecule has 0 aliphatic carbocycles. The summed E-state index contributed by atoms with van der Waals surface area (Å²) in [5.74, 6) is 0.989. The number of rotatable bonds is 3. The molecule has 0 radical (unpaired) electrons. The molecule has 2 atom stereocenters. The minimum absolute atomic E-state index is 0.725. The van der Waals surface area contributed by atoms with E-state index in [-0.39, 0.29) is 0 Å². The van der Waals surface area contributed by atoms with Gasteiger partial charge in [-0.1, -0.05) is 0 Å². The number of hydrogen-bond donors (Lipinski definition) is 1. The summed E-state index contributed by atoms with van der Waals surface area (Å²) in [6.07, 6.45) is 5.93. The highest BCUT2D eigenvalue weighted by Crippen LogP contribution is 2.31. The molecule has 0 aromatic carbocycles. The van der Waals surface area contributed by atoms with Crippen LogP contribution in [-0.2, 0) is 0 Å². The molecule has 0 amide bonds. The second-order valence-corrected chi connectivity index (χ2v) is 5.71. The van der Waals surface area contributed by atoms with Crippen LogP contribution in [0.25, 0.3) is 0 Å². The van der Waals surface area contributed by atoms with E-state index in [0.717, 1.165) is 31.0 Å². The number of hydrogen-bond acceptors (Lipinski definition) is 4. The second-order valence-electron chi connectivity index (χ2n) is 5.71. The van der Waals surface area contributed by atoms with Crippen molar-refractivity contribution in [1.82, 2.24) is 9.88 Å². The zero-order chi connectivity index (χ0) is 13.2. The van der Waals surface area contributed by atoms with Crippen LogP contribution in [0.1, 0.15) is 26.2 Å². The van der Waals surface area contributed by atoms with Gasteiger partial charge in [-0.3, -0.25) is 4.90 Å². The lowest BCUT2D eigenvalue weighted by Gasteiger charge is -2.27. The van der Waals surface area contributed by atoms with E-state index in [9.17, 15) is 0 Å². The van der Waals surface area contributed by atoms with Gasteiger partial charge >= 0.3 is 0 Å². The summed E-state index contributed by atoms with van der Waals surface area (Å²) in [7, 11) is 2.29. The maximum absolute atomic E-state index is 4.36. The number of aromatic nitrogens is 1. The van der Waals surface area contributed by atoms with Crippen LogP contribution in [0.4, 0.5) is 11.5 Å². The summed E-state index contributed by atoms with van der Waals surface area (Å²) in [6.45, 7) is 5.35. The van der Waals surface area contributed by atoms with E-state index in [2.05, 4.69) is 46.2 Å². The fourth-order valence-corrected chi connectivity index (χ4v) is 3.44. The number of pyridine rings is 1. The predicted molar refractivity (Wildman–Crippen MR) is 79.8 cm³/mol. The normalized spacial score (nSPS) is 27.4. The number of fused-ring (bicyclic) bond motifs is 2. The van der Waals surface area contributed by atoms with Crippen molar-refractivity contribution in [3.63, 3.8) is 0 Å². The number of anilines is 2. The summed E-state index contributed by atoms with van der Waals surface area (Å²) < 4.78 is 0. The molecule has 2 fully saturated rings. The smallest absolute Gasteiger partial charge is 0.127 e. The van der Waals surface area contributed by atoms with Crippen molar-refractivity contribution in [3.05, 3.63) is 18.3 Å². The predicted octanol–water partition coefficient (Wildman–Crippen LogP) is 2.19. The quantitative estimate of drug-likeness (QED) is 0.902. The van der Waals surface area contributed by atoms with Gasteiger partial charge in [0.2, 0.25) is 0 Å². The zero-order valence-corrected chi connectivity index (χ0v) is 12.0. The van der Waals surface area contributed by atoms with E-state index < -0.39 is 0 Å². The average molecular weight is 260 g/mol. The van der Waals surface area contributed by atoms with Crippen molar-refractivity contribution >= 4 is 11.5 Å².